The Morgan fingerprint density at radius 2 is 1.85 bits per heavy atom. The van der Waals surface area contributed by atoms with Gasteiger partial charge in [0.1, 0.15) is 0 Å². The number of nitrogens with zero attached hydrogens (tertiary/aromatic N) is 3. The van der Waals surface area contributed by atoms with E-state index in [1.54, 1.807) is 34.9 Å². The summed E-state index contributed by atoms with van der Waals surface area (Å²) >= 11 is 1.57. The second-order valence-electron chi connectivity index (χ2n) is 8.64. The van der Waals surface area contributed by atoms with Crippen LogP contribution in [0.5, 0.6) is 0 Å². The number of fused-ring (bicyclic) bond motifs is 1. The molecule has 0 unspecified atom stereocenters. The number of aliphatic imine (C=N–C) groups is 1. The number of amides is 3. The number of hydrogen-bond acceptors (Lipinski definition) is 5. The maximum atomic E-state index is 13.5. The number of carbonyl (C=O) groups is 3. The zero-order valence-electron chi connectivity index (χ0n) is 19.3. The normalized spacial score (nSPS) is 17.3. The van der Waals surface area contributed by atoms with E-state index >= 15 is 0 Å². The van der Waals surface area contributed by atoms with Crippen molar-refractivity contribution in [2.75, 3.05) is 18.8 Å². The van der Waals surface area contributed by atoms with Crippen molar-refractivity contribution in [1.82, 2.24) is 9.80 Å². The Morgan fingerprint density at radius 3 is 2.61 bits per heavy atom. The Balaban J connectivity index is 1.64. The Kier molecular flexibility index (Phi) is 6.98. The predicted molar refractivity (Wildman–Crippen MR) is 132 cm³/mol. The number of unbranched alkanes of at least 4 members (excludes halogenated alkanes) is 1. The molecule has 0 saturated carbocycles. The molecule has 1 saturated heterocycles. The minimum atomic E-state index is -0.314. The Bertz CT molecular complexity index is 1130. The van der Waals surface area contributed by atoms with Crippen molar-refractivity contribution in [2.45, 2.75) is 46.0 Å². The van der Waals surface area contributed by atoms with Crippen LogP contribution in [0.2, 0.25) is 0 Å². The van der Waals surface area contributed by atoms with Crippen LogP contribution >= 0.6 is 11.8 Å². The fourth-order valence-electron chi connectivity index (χ4n) is 4.12. The zero-order valence-corrected chi connectivity index (χ0v) is 20.2. The lowest BCUT2D eigenvalue weighted by Crippen LogP contribution is -2.39. The van der Waals surface area contributed by atoms with Gasteiger partial charge in [-0.05, 0) is 48.6 Å². The fraction of sp³-hybridized carbons (Fsp3) is 0.385. The molecule has 0 aromatic heterocycles. The van der Waals surface area contributed by atoms with E-state index in [9.17, 15) is 14.4 Å². The van der Waals surface area contributed by atoms with E-state index < -0.39 is 0 Å². The maximum absolute atomic E-state index is 13.5. The first kappa shape index (κ1) is 23.2. The van der Waals surface area contributed by atoms with Crippen LogP contribution in [0.25, 0.3) is 0 Å². The van der Waals surface area contributed by atoms with Crippen molar-refractivity contribution in [1.29, 1.82) is 0 Å². The van der Waals surface area contributed by atoms with Crippen LogP contribution in [-0.4, -0.2) is 51.5 Å². The third-order valence-electron chi connectivity index (χ3n) is 5.96. The lowest BCUT2D eigenvalue weighted by molar-refractivity contribution is 0.0652. The van der Waals surface area contributed by atoms with E-state index in [-0.39, 0.29) is 17.7 Å². The van der Waals surface area contributed by atoms with Crippen LogP contribution in [0.4, 0.5) is 5.69 Å². The quantitative estimate of drug-likeness (QED) is 0.533. The summed E-state index contributed by atoms with van der Waals surface area (Å²) in [6.07, 6.45) is 2.53. The van der Waals surface area contributed by atoms with E-state index in [0.29, 0.717) is 40.9 Å². The maximum Gasteiger partial charge on any atom is 0.261 e. The molecule has 2 aliphatic heterocycles. The average molecular weight is 464 g/mol. The molecule has 0 N–H and O–H groups in total. The highest BCUT2D eigenvalue weighted by Gasteiger charge is 2.36. The highest BCUT2D eigenvalue weighted by Crippen LogP contribution is 2.31. The summed E-state index contributed by atoms with van der Waals surface area (Å²) in [7, 11) is 0. The van der Waals surface area contributed by atoms with E-state index in [2.05, 4.69) is 19.9 Å². The highest BCUT2D eigenvalue weighted by molar-refractivity contribution is 8.13. The fourth-order valence-corrected chi connectivity index (χ4v) is 5.07. The molecule has 2 aromatic rings. The average Bonchev–Trinajstić information content (AvgIpc) is 3.06. The largest absolute Gasteiger partial charge is 0.287 e. The summed E-state index contributed by atoms with van der Waals surface area (Å²) in [4.78, 5) is 46.8. The zero-order chi connectivity index (χ0) is 23.5. The predicted octanol–water partition coefficient (Wildman–Crippen LogP) is 5.47. The van der Waals surface area contributed by atoms with Gasteiger partial charge in [0, 0.05) is 24.4 Å². The molecule has 0 atom stereocenters. The molecule has 2 aliphatic rings. The van der Waals surface area contributed by atoms with Crippen LogP contribution in [0.1, 0.15) is 82.6 Å². The number of imide groups is 1. The summed E-state index contributed by atoms with van der Waals surface area (Å²) in [6, 6.07) is 12.8. The molecule has 6 nitrogen and oxygen atoms in total. The molecule has 1 fully saturated rings. The molecule has 0 bridgehead atoms. The summed E-state index contributed by atoms with van der Waals surface area (Å²) in [5.74, 6) is 0.433. The molecule has 2 heterocycles. The van der Waals surface area contributed by atoms with Gasteiger partial charge >= 0.3 is 0 Å². The molecule has 0 aliphatic carbocycles. The molecule has 0 spiro atoms. The molecule has 7 heteroatoms. The molecular weight excluding hydrogens is 434 g/mol. The molecule has 172 valence electrons. The Hall–Kier alpha value is -2.93. The van der Waals surface area contributed by atoms with Crippen molar-refractivity contribution in [3.8, 4) is 0 Å². The van der Waals surface area contributed by atoms with Gasteiger partial charge in [0.05, 0.1) is 16.8 Å². The molecule has 2 aromatic carbocycles. The van der Waals surface area contributed by atoms with Gasteiger partial charge in [-0.25, -0.2) is 4.99 Å². The van der Waals surface area contributed by atoms with Gasteiger partial charge in [-0.15, -0.1) is 0 Å². The van der Waals surface area contributed by atoms with Crippen molar-refractivity contribution in [3.63, 3.8) is 0 Å². The van der Waals surface area contributed by atoms with Gasteiger partial charge < -0.3 is 0 Å². The van der Waals surface area contributed by atoms with E-state index in [1.807, 2.05) is 25.1 Å². The second-order valence-corrected chi connectivity index (χ2v) is 9.70. The van der Waals surface area contributed by atoms with Gasteiger partial charge in [-0.3, -0.25) is 24.2 Å². The van der Waals surface area contributed by atoms with Gasteiger partial charge in [0.15, 0.2) is 5.17 Å². The lowest BCUT2D eigenvalue weighted by Gasteiger charge is -2.28. The number of rotatable bonds is 6. The molecule has 3 amide bonds. The van der Waals surface area contributed by atoms with Crippen molar-refractivity contribution < 1.29 is 14.4 Å². The molecular formula is C26H29N3O3S. The first-order chi connectivity index (χ1) is 15.9. The lowest BCUT2D eigenvalue weighted by atomic mass is 10.0. The number of para-hydroxylation sites is 1. The van der Waals surface area contributed by atoms with Crippen LogP contribution < -0.4 is 0 Å². The molecule has 0 radical (unpaired) electrons. The van der Waals surface area contributed by atoms with Crippen molar-refractivity contribution >= 4 is 40.3 Å². The van der Waals surface area contributed by atoms with Crippen molar-refractivity contribution in [2.24, 2.45) is 4.99 Å². The highest BCUT2D eigenvalue weighted by atomic mass is 32.2. The standard InChI is InChI=1S/C26H29N3O3S/c1-4-5-13-28-24(31)20-12-11-18(16-21(20)25(28)32)23(30)29-14-8-15-33-26(29)27-22-10-7-6-9-19(22)17(2)3/h6-7,9-12,16-17H,4-5,8,13-15H2,1-3H3. The van der Waals surface area contributed by atoms with Crippen LogP contribution in [0, 0.1) is 0 Å². The summed E-state index contributed by atoms with van der Waals surface area (Å²) < 4.78 is 0. The topological polar surface area (TPSA) is 70.1 Å². The number of carbonyl (C=O) groups excluding carboxylic acids is 3. The summed E-state index contributed by atoms with van der Waals surface area (Å²) in [6.45, 7) is 7.25. The molecule has 4 rings (SSSR count). The molecule has 33 heavy (non-hydrogen) atoms. The van der Waals surface area contributed by atoms with Crippen LogP contribution in [-0.2, 0) is 0 Å². The smallest absolute Gasteiger partial charge is 0.261 e. The summed E-state index contributed by atoms with van der Waals surface area (Å²) in [5, 5.41) is 0.673. The van der Waals surface area contributed by atoms with Gasteiger partial charge in [0.2, 0.25) is 0 Å². The van der Waals surface area contributed by atoms with Gasteiger partial charge in [-0.1, -0.05) is 57.2 Å². The second kappa shape index (κ2) is 9.91. The SMILES string of the molecule is CCCCN1C(=O)c2ccc(C(=O)N3CCCSC3=Nc3ccccc3C(C)C)cc2C1=O. The van der Waals surface area contributed by atoms with Gasteiger partial charge in [-0.2, -0.15) is 0 Å². The van der Waals surface area contributed by atoms with Gasteiger partial charge in [0.25, 0.3) is 17.7 Å². The van der Waals surface area contributed by atoms with Crippen molar-refractivity contribution in [3.05, 3.63) is 64.7 Å². The van der Waals surface area contributed by atoms with E-state index in [4.69, 9.17) is 4.99 Å². The number of hydrogen-bond donors (Lipinski definition) is 0. The monoisotopic (exact) mass is 463 g/mol. The van der Waals surface area contributed by atoms with E-state index in [1.165, 1.54) is 4.90 Å². The number of amidine groups is 1. The first-order valence-electron chi connectivity index (χ1n) is 11.5. The Morgan fingerprint density at radius 1 is 1.09 bits per heavy atom. The number of benzene rings is 2. The van der Waals surface area contributed by atoms with Crippen LogP contribution in [0.3, 0.4) is 0 Å². The minimum absolute atomic E-state index is 0.196. The summed E-state index contributed by atoms with van der Waals surface area (Å²) in [5.41, 5.74) is 3.10. The number of thioether (sulfide) groups is 1. The van der Waals surface area contributed by atoms with E-state index in [0.717, 1.165) is 36.3 Å². The third-order valence-corrected chi connectivity index (χ3v) is 7.02. The van der Waals surface area contributed by atoms with Crippen LogP contribution in [0.15, 0.2) is 47.5 Å². The third kappa shape index (κ3) is 4.60. The first-order valence-corrected chi connectivity index (χ1v) is 12.5. The minimum Gasteiger partial charge on any atom is -0.287 e. The Labute approximate surface area is 199 Å².